The van der Waals surface area contributed by atoms with Crippen LogP contribution in [0.4, 0.5) is 0 Å². The molecule has 0 N–H and O–H groups in total. The van der Waals surface area contributed by atoms with Gasteiger partial charge in [0.05, 0.1) is 13.0 Å². The molecule has 0 bridgehead atoms. The molecular formula is C19H18ClN3O2. The predicted octanol–water partition coefficient (Wildman–Crippen LogP) is 3.90. The summed E-state index contributed by atoms with van der Waals surface area (Å²) in [6.07, 6.45) is 0.274. The highest BCUT2D eigenvalue weighted by atomic mass is 35.5. The molecular weight excluding hydrogens is 338 g/mol. The lowest BCUT2D eigenvalue weighted by Crippen LogP contribution is -2.27. The van der Waals surface area contributed by atoms with Gasteiger partial charge in [0, 0.05) is 17.6 Å². The van der Waals surface area contributed by atoms with Gasteiger partial charge in [-0.2, -0.15) is 4.98 Å². The van der Waals surface area contributed by atoms with Crippen LogP contribution in [-0.4, -0.2) is 28.0 Å². The third kappa shape index (κ3) is 4.45. The minimum absolute atomic E-state index is 0.0441. The van der Waals surface area contributed by atoms with E-state index in [1.807, 2.05) is 43.3 Å². The summed E-state index contributed by atoms with van der Waals surface area (Å²) in [5.41, 5.74) is 2.92. The first-order chi connectivity index (χ1) is 12.0. The number of nitrogens with zero attached hydrogens (tertiary/aromatic N) is 3. The van der Waals surface area contributed by atoms with Crippen molar-refractivity contribution >= 4 is 17.5 Å². The van der Waals surface area contributed by atoms with Gasteiger partial charge in [-0.05, 0) is 24.6 Å². The Morgan fingerprint density at radius 3 is 2.68 bits per heavy atom. The monoisotopic (exact) mass is 355 g/mol. The van der Waals surface area contributed by atoms with E-state index in [0.29, 0.717) is 16.7 Å². The Morgan fingerprint density at radius 1 is 1.20 bits per heavy atom. The van der Waals surface area contributed by atoms with Crippen LogP contribution in [0.25, 0.3) is 11.4 Å². The molecule has 0 fully saturated rings. The molecule has 1 amide bonds. The third-order valence-corrected chi connectivity index (χ3v) is 4.06. The lowest BCUT2D eigenvalue weighted by atomic mass is 10.1. The first-order valence-electron chi connectivity index (χ1n) is 7.89. The van der Waals surface area contributed by atoms with Crippen LogP contribution in [0.1, 0.15) is 17.0 Å². The Bertz CT molecular complexity index is 874. The van der Waals surface area contributed by atoms with Crippen LogP contribution >= 0.6 is 11.6 Å². The topological polar surface area (TPSA) is 59.2 Å². The number of aryl methyl sites for hydroxylation is 1. The highest BCUT2D eigenvalue weighted by Crippen LogP contribution is 2.17. The molecule has 1 aromatic heterocycles. The molecule has 128 valence electrons. The molecule has 3 rings (SSSR count). The summed E-state index contributed by atoms with van der Waals surface area (Å²) in [5.74, 6) is 0.876. The summed E-state index contributed by atoms with van der Waals surface area (Å²) in [4.78, 5) is 18.3. The highest BCUT2D eigenvalue weighted by Gasteiger charge is 2.15. The summed E-state index contributed by atoms with van der Waals surface area (Å²) in [6.45, 7) is 2.28. The van der Waals surface area contributed by atoms with Crippen LogP contribution in [0.3, 0.4) is 0 Å². The first-order valence-corrected chi connectivity index (χ1v) is 8.27. The molecule has 5 nitrogen and oxygen atoms in total. The molecule has 0 aliphatic heterocycles. The van der Waals surface area contributed by atoms with Gasteiger partial charge in [-0.25, -0.2) is 0 Å². The van der Waals surface area contributed by atoms with Crippen LogP contribution < -0.4 is 0 Å². The van der Waals surface area contributed by atoms with Crippen LogP contribution in [0.5, 0.6) is 0 Å². The van der Waals surface area contributed by atoms with E-state index in [9.17, 15) is 4.79 Å². The minimum atomic E-state index is -0.0441. The van der Waals surface area contributed by atoms with E-state index in [4.69, 9.17) is 16.1 Å². The normalized spacial score (nSPS) is 10.7. The number of hydrogen-bond acceptors (Lipinski definition) is 4. The summed E-state index contributed by atoms with van der Waals surface area (Å²) >= 11 is 5.95. The van der Waals surface area contributed by atoms with Crippen molar-refractivity contribution in [2.24, 2.45) is 0 Å². The van der Waals surface area contributed by atoms with E-state index in [1.54, 1.807) is 24.1 Å². The second kappa shape index (κ2) is 7.49. The van der Waals surface area contributed by atoms with Crippen LogP contribution in [-0.2, 0) is 17.8 Å². The highest BCUT2D eigenvalue weighted by molar-refractivity contribution is 6.30. The Hall–Kier alpha value is -2.66. The molecule has 0 unspecified atom stereocenters. The van der Waals surface area contributed by atoms with Gasteiger partial charge in [-0.15, -0.1) is 0 Å². The SMILES string of the molecule is Cc1ccc(-c2noc(CN(C)C(=O)Cc3cccc(Cl)c3)n2)cc1. The molecule has 3 aromatic rings. The zero-order chi connectivity index (χ0) is 17.8. The van der Waals surface area contributed by atoms with Crippen molar-refractivity contribution in [3.05, 3.63) is 70.6 Å². The molecule has 2 aromatic carbocycles. The maximum atomic E-state index is 12.3. The number of aromatic nitrogens is 2. The summed E-state index contributed by atoms with van der Waals surface area (Å²) in [7, 11) is 1.71. The van der Waals surface area contributed by atoms with Crippen molar-refractivity contribution in [2.75, 3.05) is 7.05 Å². The van der Waals surface area contributed by atoms with E-state index in [0.717, 1.165) is 11.1 Å². The predicted molar refractivity (Wildman–Crippen MR) is 96.1 cm³/mol. The summed E-state index contributed by atoms with van der Waals surface area (Å²) in [6, 6.07) is 15.1. The quantitative estimate of drug-likeness (QED) is 0.696. The van der Waals surface area contributed by atoms with Gasteiger partial charge in [0.1, 0.15) is 0 Å². The average Bonchev–Trinajstić information content (AvgIpc) is 3.04. The molecule has 1 heterocycles. The number of amides is 1. The Kier molecular flexibility index (Phi) is 5.14. The van der Waals surface area contributed by atoms with Gasteiger partial charge < -0.3 is 9.42 Å². The average molecular weight is 356 g/mol. The summed E-state index contributed by atoms with van der Waals surface area (Å²) < 4.78 is 5.26. The molecule has 0 saturated carbocycles. The van der Waals surface area contributed by atoms with E-state index < -0.39 is 0 Å². The van der Waals surface area contributed by atoms with Gasteiger partial charge in [0.25, 0.3) is 0 Å². The molecule has 6 heteroatoms. The van der Waals surface area contributed by atoms with Crippen molar-refractivity contribution in [3.8, 4) is 11.4 Å². The molecule has 0 atom stereocenters. The molecule has 0 spiro atoms. The Balaban J connectivity index is 1.63. The smallest absolute Gasteiger partial charge is 0.246 e. The van der Waals surface area contributed by atoms with Gasteiger partial charge in [-0.1, -0.05) is 58.7 Å². The first kappa shape index (κ1) is 17.2. The number of rotatable bonds is 5. The minimum Gasteiger partial charge on any atom is -0.337 e. The van der Waals surface area contributed by atoms with Gasteiger partial charge in [0.15, 0.2) is 0 Å². The number of halogens is 1. The molecule has 0 radical (unpaired) electrons. The fourth-order valence-electron chi connectivity index (χ4n) is 2.39. The lowest BCUT2D eigenvalue weighted by molar-refractivity contribution is -0.130. The third-order valence-electron chi connectivity index (χ3n) is 3.82. The second-order valence-corrected chi connectivity index (χ2v) is 6.37. The molecule has 0 aliphatic carbocycles. The van der Waals surface area contributed by atoms with Gasteiger partial charge in [-0.3, -0.25) is 4.79 Å². The molecule has 0 saturated heterocycles. The zero-order valence-electron chi connectivity index (χ0n) is 14.1. The van der Waals surface area contributed by atoms with Crippen molar-refractivity contribution in [3.63, 3.8) is 0 Å². The molecule has 25 heavy (non-hydrogen) atoms. The lowest BCUT2D eigenvalue weighted by Gasteiger charge is -2.14. The van der Waals surface area contributed by atoms with Crippen molar-refractivity contribution < 1.29 is 9.32 Å². The maximum Gasteiger partial charge on any atom is 0.246 e. The Morgan fingerprint density at radius 2 is 1.96 bits per heavy atom. The summed E-state index contributed by atoms with van der Waals surface area (Å²) in [5, 5.41) is 4.60. The van der Waals surface area contributed by atoms with Gasteiger partial charge >= 0.3 is 0 Å². The van der Waals surface area contributed by atoms with E-state index in [1.165, 1.54) is 5.56 Å². The van der Waals surface area contributed by atoms with Crippen molar-refractivity contribution in [1.29, 1.82) is 0 Å². The van der Waals surface area contributed by atoms with Crippen molar-refractivity contribution in [2.45, 2.75) is 19.9 Å². The van der Waals surface area contributed by atoms with Crippen LogP contribution in [0.2, 0.25) is 5.02 Å². The number of carbonyl (C=O) groups excluding carboxylic acids is 1. The van der Waals surface area contributed by atoms with Crippen molar-refractivity contribution in [1.82, 2.24) is 15.0 Å². The fraction of sp³-hybridized carbons (Fsp3) is 0.211. The number of likely N-dealkylation sites (N-methyl/N-ethyl adjacent to an activating group) is 1. The standard InChI is InChI=1S/C19H18ClN3O2/c1-13-6-8-15(9-7-13)19-21-17(25-22-19)12-23(2)18(24)11-14-4-3-5-16(20)10-14/h3-10H,11-12H2,1-2H3. The van der Waals surface area contributed by atoms with Crippen LogP contribution in [0, 0.1) is 6.92 Å². The number of benzene rings is 2. The van der Waals surface area contributed by atoms with Crippen LogP contribution in [0.15, 0.2) is 53.1 Å². The van der Waals surface area contributed by atoms with E-state index in [2.05, 4.69) is 10.1 Å². The number of carbonyl (C=O) groups is 1. The Labute approximate surface area is 151 Å². The fourth-order valence-corrected chi connectivity index (χ4v) is 2.60. The van der Waals surface area contributed by atoms with E-state index >= 15 is 0 Å². The van der Waals surface area contributed by atoms with Gasteiger partial charge in [0.2, 0.25) is 17.6 Å². The molecule has 0 aliphatic rings. The largest absolute Gasteiger partial charge is 0.337 e. The number of hydrogen-bond donors (Lipinski definition) is 0. The maximum absolute atomic E-state index is 12.3. The second-order valence-electron chi connectivity index (χ2n) is 5.93. The van der Waals surface area contributed by atoms with E-state index in [-0.39, 0.29) is 18.9 Å². The zero-order valence-corrected chi connectivity index (χ0v) is 14.8.